The van der Waals surface area contributed by atoms with Crippen molar-refractivity contribution in [2.75, 3.05) is 31.2 Å². The van der Waals surface area contributed by atoms with Crippen molar-refractivity contribution in [3.8, 4) is 0 Å². The van der Waals surface area contributed by atoms with E-state index >= 15 is 8.78 Å². The Hall–Kier alpha value is -1.24. The quantitative estimate of drug-likeness (QED) is 0.426. The molecule has 0 saturated carbocycles. The Kier molecular flexibility index (Phi) is 6.28. The summed E-state index contributed by atoms with van der Waals surface area (Å²) in [4.78, 5) is 0.579. The van der Waals surface area contributed by atoms with Crippen molar-refractivity contribution < 1.29 is 39.5 Å². The van der Waals surface area contributed by atoms with Crippen LogP contribution in [0.5, 0.6) is 0 Å². The van der Waals surface area contributed by atoms with E-state index in [-0.39, 0.29) is 5.56 Å². The summed E-state index contributed by atoms with van der Waals surface area (Å²) >= 11 is 0. The number of rotatable bonds is 4. The predicted molar refractivity (Wildman–Crippen MR) is 112 cm³/mol. The van der Waals surface area contributed by atoms with Crippen molar-refractivity contribution in [3.05, 3.63) is 23.3 Å². The number of sulfone groups is 1. The number of nitrogens with zero attached hydrogens (tertiary/aromatic N) is 1. The van der Waals surface area contributed by atoms with Crippen LogP contribution in [0.15, 0.2) is 17.0 Å². The highest BCUT2D eigenvalue weighted by molar-refractivity contribution is 7.92. The van der Waals surface area contributed by atoms with Crippen molar-refractivity contribution >= 4 is 23.8 Å². The Labute approximate surface area is 185 Å². The van der Waals surface area contributed by atoms with Crippen molar-refractivity contribution in [2.24, 2.45) is 0 Å². The number of ether oxygens (including phenoxy) is 1. The maximum Gasteiger partial charge on any atom is 0.501 e. The number of halogens is 5. The second kappa shape index (κ2) is 7.92. The van der Waals surface area contributed by atoms with Gasteiger partial charge in [-0.15, -0.1) is 0 Å². The highest BCUT2D eigenvalue weighted by Crippen LogP contribution is 2.54. The first-order chi connectivity index (χ1) is 14.4. The van der Waals surface area contributed by atoms with Crippen LogP contribution in [0, 0.1) is 0 Å². The van der Waals surface area contributed by atoms with Crippen LogP contribution in [0.1, 0.15) is 38.0 Å². The van der Waals surface area contributed by atoms with Gasteiger partial charge in [-0.05, 0) is 35.8 Å². The van der Waals surface area contributed by atoms with Gasteiger partial charge in [0.25, 0.3) is 15.8 Å². The summed E-state index contributed by atoms with van der Waals surface area (Å²) in [5, 5.41) is -0.517. The molecule has 1 fully saturated rings. The number of hydrogen-bond acceptors (Lipinski definition) is 5. The molecule has 1 saturated heterocycles. The third-order valence-electron chi connectivity index (χ3n) is 6.52. The molecule has 1 aliphatic carbocycles. The smallest absolute Gasteiger partial charge is 0.404 e. The normalized spacial score (nSPS) is 22.2. The summed E-state index contributed by atoms with van der Waals surface area (Å²) in [6.45, 7) is 10.2. The minimum absolute atomic E-state index is 0.106. The van der Waals surface area contributed by atoms with Crippen LogP contribution in [-0.2, 0) is 25.4 Å². The Balaban J connectivity index is 2.25. The van der Waals surface area contributed by atoms with Gasteiger partial charge in [-0.2, -0.15) is 13.2 Å². The number of morpholine rings is 1. The molecule has 0 N–H and O–H groups in total. The summed E-state index contributed by atoms with van der Waals surface area (Å²) in [6, 6.07) is 1.98. The van der Waals surface area contributed by atoms with Gasteiger partial charge in [-0.1, -0.05) is 20.8 Å². The number of fused-ring (bicyclic) bond motifs is 1. The molecule has 3 rings (SSSR count). The molecule has 0 amide bonds. The zero-order valence-corrected chi connectivity index (χ0v) is 20.5. The molecule has 1 aromatic rings. The molecule has 0 aromatic heterocycles. The predicted octanol–water partition coefficient (Wildman–Crippen LogP) is 5.07. The molecule has 1 heterocycles. The van der Waals surface area contributed by atoms with Gasteiger partial charge in [0.15, 0.2) is 8.32 Å². The molecule has 0 bridgehead atoms. The zero-order valence-electron chi connectivity index (χ0n) is 18.6. The Morgan fingerprint density at radius 3 is 2.19 bits per heavy atom. The number of anilines is 1. The SMILES string of the molecule is CC(C)(C)[Si](C)(C)OC1c2c(S(=O)(=O)C(F)(F)F)ccc(N3CCOCC3)c2CC1(F)F. The van der Waals surface area contributed by atoms with Crippen LogP contribution in [-0.4, -0.2) is 54.5 Å². The molecular weight excluding hydrogens is 473 g/mol. The standard InChI is InChI=1S/C20H28F5NO4SSi/c1-18(2,3)32(4,5)30-17-16-13(12-19(17,21)22)14(26-8-10-29-11-9-26)6-7-15(16)31(27,28)20(23,24)25/h6-7,17H,8-12H2,1-5H3. The molecule has 1 unspecified atom stereocenters. The van der Waals surface area contributed by atoms with E-state index in [0.29, 0.717) is 32.0 Å². The molecule has 32 heavy (non-hydrogen) atoms. The maximum absolute atomic E-state index is 15.3. The summed E-state index contributed by atoms with van der Waals surface area (Å²) in [5.41, 5.74) is -6.00. The largest absolute Gasteiger partial charge is 0.501 e. The van der Waals surface area contributed by atoms with Crippen LogP contribution in [0.2, 0.25) is 18.1 Å². The lowest BCUT2D eigenvalue weighted by atomic mass is 10.1. The summed E-state index contributed by atoms with van der Waals surface area (Å²) < 4.78 is 107. The van der Waals surface area contributed by atoms with Gasteiger partial charge in [0.05, 0.1) is 18.1 Å². The average molecular weight is 502 g/mol. The highest BCUT2D eigenvalue weighted by Gasteiger charge is 2.58. The summed E-state index contributed by atoms with van der Waals surface area (Å²) in [7, 11) is -8.77. The van der Waals surface area contributed by atoms with Gasteiger partial charge in [-0.3, -0.25) is 0 Å². The first kappa shape index (κ1) is 25.4. The third-order valence-corrected chi connectivity index (χ3v) is 12.5. The van der Waals surface area contributed by atoms with Crippen LogP contribution in [0.25, 0.3) is 0 Å². The summed E-state index contributed by atoms with van der Waals surface area (Å²) in [6.07, 6.45) is -2.97. The van der Waals surface area contributed by atoms with Crippen molar-refractivity contribution in [3.63, 3.8) is 0 Å². The first-order valence-corrected chi connectivity index (χ1v) is 14.6. The van der Waals surface area contributed by atoms with Gasteiger partial charge in [0.2, 0.25) is 0 Å². The zero-order chi connectivity index (χ0) is 24.3. The fourth-order valence-corrected chi connectivity index (χ4v) is 5.97. The topological polar surface area (TPSA) is 55.8 Å². The molecule has 1 aromatic carbocycles. The molecule has 182 valence electrons. The van der Waals surface area contributed by atoms with Crippen LogP contribution in [0.4, 0.5) is 27.6 Å². The monoisotopic (exact) mass is 501 g/mol. The fraction of sp³-hybridized carbons (Fsp3) is 0.700. The lowest BCUT2D eigenvalue weighted by Gasteiger charge is -2.40. The van der Waals surface area contributed by atoms with Crippen LogP contribution < -0.4 is 4.90 Å². The van der Waals surface area contributed by atoms with Crippen LogP contribution in [0.3, 0.4) is 0 Å². The van der Waals surface area contributed by atoms with Crippen molar-refractivity contribution in [1.82, 2.24) is 0 Å². The fourth-order valence-electron chi connectivity index (χ4n) is 3.72. The maximum atomic E-state index is 15.3. The molecule has 5 nitrogen and oxygen atoms in total. The van der Waals surface area contributed by atoms with Gasteiger partial charge in [0, 0.05) is 30.8 Å². The van der Waals surface area contributed by atoms with Gasteiger partial charge >= 0.3 is 5.51 Å². The molecule has 0 radical (unpaired) electrons. The molecule has 0 spiro atoms. The van der Waals surface area contributed by atoms with Gasteiger partial charge in [-0.25, -0.2) is 17.2 Å². The second-order valence-corrected chi connectivity index (χ2v) is 16.4. The van der Waals surface area contributed by atoms with Gasteiger partial charge < -0.3 is 14.1 Å². The van der Waals surface area contributed by atoms with E-state index in [4.69, 9.17) is 9.16 Å². The van der Waals surface area contributed by atoms with Crippen molar-refractivity contribution in [1.29, 1.82) is 0 Å². The van der Waals surface area contributed by atoms with E-state index in [0.717, 1.165) is 6.07 Å². The minimum Gasteiger partial charge on any atom is -0.404 e. The lowest BCUT2D eigenvalue weighted by molar-refractivity contribution is -0.0910. The van der Waals surface area contributed by atoms with E-state index in [2.05, 4.69) is 0 Å². The highest BCUT2D eigenvalue weighted by atomic mass is 32.2. The van der Waals surface area contributed by atoms with E-state index in [1.807, 2.05) is 20.8 Å². The van der Waals surface area contributed by atoms with E-state index in [1.54, 1.807) is 18.0 Å². The minimum atomic E-state index is -5.86. The van der Waals surface area contributed by atoms with E-state index in [1.165, 1.54) is 6.07 Å². The molecule has 12 heteroatoms. The number of benzene rings is 1. The molecule has 1 atom stereocenters. The molecular formula is C20H28F5NO4SSi. The van der Waals surface area contributed by atoms with Crippen LogP contribution >= 0.6 is 0 Å². The number of alkyl halides is 5. The van der Waals surface area contributed by atoms with E-state index < -0.39 is 57.6 Å². The number of hydrogen-bond donors (Lipinski definition) is 0. The first-order valence-electron chi connectivity index (χ1n) is 10.3. The van der Waals surface area contributed by atoms with Gasteiger partial charge in [0.1, 0.15) is 6.10 Å². The summed E-state index contributed by atoms with van der Waals surface area (Å²) in [5.74, 6) is -3.56. The Morgan fingerprint density at radius 2 is 1.69 bits per heavy atom. The molecule has 1 aliphatic heterocycles. The third kappa shape index (κ3) is 4.30. The van der Waals surface area contributed by atoms with Crippen molar-refractivity contribution in [2.45, 2.75) is 67.8 Å². The van der Waals surface area contributed by atoms with E-state index in [9.17, 15) is 21.6 Å². The Morgan fingerprint density at radius 1 is 1.12 bits per heavy atom. The lowest BCUT2D eigenvalue weighted by Crippen LogP contribution is -2.44. The molecule has 2 aliphatic rings. The Bertz CT molecular complexity index is 983. The average Bonchev–Trinajstić information content (AvgIpc) is 2.90. The second-order valence-electron chi connectivity index (χ2n) is 9.72.